The first-order valence-corrected chi connectivity index (χ1v) is 6.88. The van der Waals surface area contributed by atoms with Crippen LogP contribution in [-0.4, -0.2) is 28.2 Å². The fourth-order valence-corrected chi connectivity index (χ4v) is 2.13. The van der Waals surface area contributed by atoms with Crippen LogP contribution in [0.25, 0.3) is 22.3 Å². The molecule has 0 atom stereocenters. The van der Waals surface area contributed by atoms with E-state index in [9.17, 15) is 14.5 Å². The highest BCUT2D eigenvalue weighted by Gasteiger charge is 2.08. The second-order valence-corrected chi connectivity index (χ2v) is 4.75. The van der Waals surface area contributed by atoms with Crippen LogP contribution in [0.1, 0.15) is 0 Å². The van der Waals surface area contributed by atoms with Gasteiger partial charge in [-0.3, -0.25) is 15.1 Å². The van der Waals surface area contributed by atoms with Crippen molar-refractivity contribution in [1.29, 1.82) is 0 Å². The normalized spacial score (nSPS) is 10.7. The molecule has 6 nitrogen and oxygen atoms in total. The van der Waals surface area contributed by atoms with Crippen LogP contribution in [0.5, 0.6) is 5.75 Å². The second-order valence-electron chi connectivity index (χ2n) is 4.75. The van der Waals surface area contributed by atoms with Gasteiger partial charge in [-0.1, -0.05) is 0 Å². The zero-order valence-electron chi connectivity index (χ0n) is 12.0. The van der Waals surface area contributed by atoms with Crippen molar-refractivity contribution < 1.29 is 14.1 Å². The van der Waals surface area contributed by atoms with E-state index in [1.807, 2.05) is 0 Å². The standard InChI is InChI=1S/C16H12FN3O3/c17-7-8-23-13-5-6-14-15(9-13)19-16(10-18-14)11-1-3-12(4-2-11)20(21)22/h1-6,9-10H,7-8H2. The van der Waals surface area contributed by atoms with Gasteiger partial charge in [0.2, 0.25) is 0 Å². The maximum absolute atomic E-state index is 12.2. The Bertz CT molecular complexity index is 853. The van der Waals surface area contributed by atoms with Crippen molar-refractivity contribution >= 4 is 16.7 Å². The summed E-state index contributed by atoms with van der Waals surface area (Å²) in [6.45, 7) is -0.576. The van der Waals surface area contributed by atoms with Gasteiger partial charge in [0.15, 0.2) is 0 Å². The maximum atomic E-state index is 12.2. The van der Waals surface area contributed by atoms with Crippen molar-refractivity contribution in [3.8, 4) is 17.0 Å². The maximum Gasteiger partial charge on any atom is 0.269 e. The zero-order valence-corrected chi connectivity index (χ0v) is 12.0. The molecule has 0 aliphatic heterocycles. The average Bonchev–Trinajstić information content (AvgIpc) is 2.59. The van der Waals surface area contributed by atoms with Gasteiger partial charge in [0, 0.05) is 23.8 Å². The Morgan fingerprint density at radius 2 is 1.91 bits per heavy atom. The van der Waals surface area contributed by atoms with E-state index in [0.717, 1.165) is 5.56 Å². The predicted molar refractivity (Wildman–Crippen MR) is 83.1 cm³/mol. The van der Waals surface area contributed by atoms with Crippen LogP contribution in [0.2, 0.25) is 0 Å². The number of nitro benzene ring substituents is 1. The lowest BCUT2D eigenvalue weighted by molar-refractivity contribution is -0.384. The molecule has 0 saturated carbocycles. The van der Waals surface area contributed by atoms with E-state index in [0.29, 0.717) is 22.5 Å². The fourth-order valence-electron chi connectivity index (χ4n) is 2.13. The lowest BCUT2D eigenvalue weighted by Crippen LogP contribution is -1.99. The summed E-state index contributed by atoms with van der Waals surface area (Å²) in [6, 6.07) is 11.2. The van der Waals surface area contributed by atoms with Gasteiger partial charge in [0.1, 0.15) is 19.0 Å². The van der Waals surface area contributed by atoms with Crippen LogP contribution in [0.4, 0.5) is 10.1 Å². The van der Waals surface area contributed by atoms with E-state index >= 15 is 0 Å². The molecule has 116 valence electrons. The van der Waals surface area contributed by atoms with Gasteiger partial charge in [-0.2, -0.15) is 0 Å². The number of nitrogens with zero attached hydrogens (tertiary/aromatic N) is 3. The van der Waals surface area contributed by atoms with Crippen molar-refractivity contribution in [1.82, 2.24) is 9.97 Å². The highest BCUT2D eigenvalue weighted by molar-refractivity contribution is 5.78. The summed E-state index contributed by atoms with van der Waals surface area (Å²) in [5.74, 6) is 0.519. The minimum Gasteiger partial charge on any atom is -0.491 e. The monoisotopic (exact) mass is 313 g/mol. The number of non-ortho nitro benzene ring substituents is 1. The first-order valence-electron chi connectivity index (χ1n) is 6.88. The molecule has 0 unspecified atom stereocenters. The van der Waals surface area contributed by atoms with Gasteiger partial charge in [-0.05, 0) is 24.3 Å². The number of hydrogen-bond donors (Lipinski definition) is 0. The fraction of sp³-hybridized carbons (Fsp3) is 0.125. The van der Waals surface area contributed by atoms with Crippen LogP contribution in [0.3, 0.4) is 0 Å². The molecule has 0 saturated heterocycles. The molecular weight excluding hydrogens is 301 g/mol. The van der Waals surface area contributed by atoms with Crippen LogP contribution < -0.4 is 4.74 Å². The number of aromatic nitrogens is 2. The molecule has 1 aromatic heterocycles. The van der Waals surface area contributed by atoms with E-state index in [1.54, 1.807) is 36.5 Å². The Morgan fingerprint density at radius 1 is 1.13 bits per heavy atom. The third kappa shape index (κ3) is 3.23. The van der Waals surface area contributed by atoms with Gasteiger partial charge in [0.05, 0.1) is 27.8 Å². The van der Waals surface area contributed by atoms with Crippen molar-refractivity contribution in [2.45, 2.75) is 0 Å². The Balaban J connectivity index is 1.95. The smallest absolute Gasteiger partial charge is 0.269 e. The lowest BCUT2D eigenvalue weighted by atomic mass is 10.1. The first-order chi connectivity index (χ1) is 11.2. The van der Waals surface area contributed by atoms with Gasteiger partial charge in [-0.15, -0.1) is 0 Å². The van der Waals surface area contributed by atoms with Crippen LogP contribution in [-0.2, 0) is 0 Å². The molecular formula is C16H12FN3O3. The number of nitro groups is 1. The summed E-state index contributed by atoms with van der Waals surface area (Å²) in [5, 5.41) is 10.7. The molecule has 7 heteroatoms. The molecule has 0 aliphatic carbocycles. The van der Waals surface area contributed by atoms with E-state index in [2.05, 4.69) is 9.97 Å². The Labute approximate surface area is 130 Å². The average molecular weight is 313 g/mol. The summed E-state index contributed by atoms with van der Waals surface area (Å²) >= 11 is 0. The summed E-state index contributed by atoms with van der Waals surface area (Å²) in [4.78, 5) is 19.0. The molecule has 0 N–H and O–H groups in total. The third-order valence-corrected chi connectivity index (χ3v) is 3.23. The molecule has 23 heavy (non-hydrogen) atoms. The number of rotatable bonds is 5. The topological polar surface area (TPSA) is 78.2 Å². The Morgan fingerprint density at radius 3 is 2.61 bits per heavy atom. The molecule has 0 bridgehead atoms. The summed E-state index contributed by atoms with van der Waals surface area (Å²) in [7, 11) is 0. The SMILES string of the molecule is O=[N+]([O-])c1ccc(-c2cnc3ccc(OCCF)cc3n2)cc1. The second kappa shape index (κ2) is 6.35. The van der Waals surface area contributed by atoms with E-state index < -0.39 is 11.6 Å². The molecule has 3 aromatic rings. The molecule has 0 radical (unpaired) electrons. The first kappa shape index (κ1) is 14.8. The van der Waals surface area contributed by atoms with Crippen LogP contribution in [0.15, 0.2) is 48.7 Å². The van der Waals surface area contributed by atoms with Gasteiger partial charge >= 0.3 is 0 Å². The number of ether oxygens (including phenoxy) is 1. The largest absolute Gasteiger partial charge is 0.491 e. The van der Waals surface area contributed by atoms with Crippen molar-refractivity contribution in [2.24, 2.45) is 0 Å². The van der Waals surface area contributed by atoms with E-state index in [1.165, 1.54) is 12.1 Å². The number of hydrogen-bond acceptors (Lipinski definition) is 5. The minimum absolute atomic E-state index is 0.0129. The molecule has 1 heterocycles. The molecule has 2 aromatic carbocycles. The van der Waals surface area contributed by atoms with Gasteiger partial charge in [-0.25, -0.2) is 9.37 Å². The molecule has 0 spiro atoms. The summed E-state index contributed by atoms with van der Waals surface area (Å²) in [5.41, 5.74) is 2.62. The van der Waals surface area contributed by atoms with Crippen LogP contribution in [0, 0.1) is 10.1 Å². The quantitative estimate of drug-likeness (QED) is 0.531. The van der Waals surface area contributed by atoms with E-state index in [4.69, 9.17) is 4.74 Å². The summed E-state index contributed by atoms with van der Waals surface area (Å²) in [6.07, 6.45) is 1.60. The van der Waals surface area contributed by atoms with Gasteiger partial charge in [0.25, 0.3) is 5.69 Å². The Hall–Kier alpha value is -3.09. The lowest BCUT2D eigenvalue weighted by Gasteiger charge is -2.06. The third-order valence-electron chi connectivity index (χ3n) is 3.23. The van der Waals surface area contributed by atoms with Crippen LogP contribution >= 0.6 is 0 Å². The van der Waals surface area contributed by atoms with Crippen molar-refractivity contribution in [3.63, 3.8) is 0 Å². The highest BCUT2D eigenvalue weighted by Crippen LogP contribution is 2.24. The van der Waals surface area contributed by atoms with Crippen molar-refractivity contribution in [2.75, 3.05) is 13.3 Å². The summed E-state index contributed by atoms with van der Waals surface area (Å²) < 4.78 is 17.4. The number of benzene rings is 2. The molecule has 0 fully saturated rings. The van der Waals surface area contributed by atoms with Gasteiger partial charge < -0.3 is 4.74 Å². The Kier molecular flexibility index (Phi) is 4.09. The number of alkyl halides is 1. The zero-order chi connectivity index (χ0) is 16.2. The molecule has 0 aliphatic rings. The number of fused-ring (bicyclic) bond motifs is 1. The minimum atomic E-state index is -0.563. The molecule has 0 amide bonds. The highest BCUT2D eigenvalue weighted by atomic mass is 19.1. The van der Waals surface area contributed by atoms with E-state index in [-0.39, 0.29) is 12.3 Å². The number of halogens is 1. The molecule has 3 rings (SSSR count). The predicted octanol–water partition coefficient (Wildman–Crippen LogP) is 3.55. The van der Waals surface area contributed by atoms with Crippen molar-refractivity contribution in [3.05, 3.63) is 58.8 Å².